The number of carbonyl (C=O) groups excluding carboxylic acids is 3. The van der Waals surface area contributed by atoms with E-state index in [9.17, 15) is 24.0 Å². The Labute approximate surface area is 180 Å². The molecule has 3 amide bonds. The highest BCUT2D eigenvalue weighted by Crippen LogP contribution is 2.20. The normalized spacial score (nSPS) is 18.7. The van der Waals surface area contributed by atoms with E-state index < -0.39 is 53.8 Å². The van der Waals surface area contributed by atoms with Crippen LogP contribution in [0.25, 0.3) is 0 Å². The molecule has 0 aliphatic carbocycles. The van der Waals surface area contributed by atoms with Gasteiger partial charge in [0.2, 0.25) is 17.7 Å². The summed E-state index contributed by atoms with van der Waals surface area (Å²) < 4.78 is 0. The van der Waals surface area contributed by atoms with Crippen molar-refractivity contribution in [2.45, 2.75) is 76.0 Å². The third-order valence-electron chi connectivity index (χ3n) is 5.14. The van der Waals surface area contributed by atoms with Crippen LogP contribution in [0.3, 0.4) is 0 Å². The van der Waals surface area contributed by atoms with E-state index in [0.29, 0.717) is 38.8 Å². The van der Waals surface area contributed by atoms with Crippen LogP contribution >= 0.6 is 0 Å². The zero-order chi connectivity index (χ0) is 23.6. The van der Waals surface area contributed by atoms with E-state index in [1.54, 1.807) is 0 Å². The van der Waals surface area contributed by atoms with E-state index >= 15 is 0 Å². The molecule has 0 aromatic heterocycles. The number of carbonyl (C=O) groups is 5. The van der Waals surface area contributed by atoms with Crippen molar-refractivity contribution < 1.29 is 34.2 Å². The molecule has 12 heteroatoms. The van der Waals surface area contributed by atoms with Crippen LogP contribution in [0, 0.1) is 0 Å². The number of nitrogens with zero attached hydrogens (tertiary/aromatic N) is 1. The summed E-state index contributed by atoms with van der Waals surface area (Å²) in [6, 6.07) is -3.96. The smallest absolute Gasteiger partial charge is 0.325 e. The van der Waals surface area contributed by atoms with Crippen LogP contribution in [-0.4, -0.2) is 82.0 Å². The zero-order valence-corrected chi connectivity index (χ0v) is 17.7. The maximum Gasteiger partial charge on any atom is 0.325 e. The highest BCUT2D eigenvalue weighted by Gasteiger charge is 2.38. The molecule has 0 radical (unpaired) electrons. The fraction of sp³-hybridized carbons (Fsp3) is 0.737. The number of amides is 3. The molecule has 176 valence electrons. The second-order valence-electron chi connectivity index (χ2n) is 7.64. The Balaban J connectivity index is 2.87. The molecule has 1 aliphatic rings. The molecule has 0 aromatic carbocycles. The van der Waals surface area contributed by atoms with Gasteiger partial charge in [0.15, 0.2) is 0 Å². The third kappa shape index (κ3) is 8.50. The molecule has 1 aliphatic heterocycles. The van der Waals surface area contributed by atoms with Crippen molar-refractivity contribution in [3.63, 3.8) is 0 Å². The average molecular weight is 444 g/mol. The number of aliphatic carboxylic acids is 2. The van der Waals surface area contributed by atoms with E-state index in [4.69, 9.17) is 21.7 Å². The van der Waals surface area contributed by atoms with Crippen LogP contribution in [0.1, 0.15) is 51.9 Å². The SMILES string of the molecule is CC(NC(=O)C1CCCN1C(=O)C(CCCCN)NC(=O)C(N)CCC(=O)O)C(=O)O. The van der Waals surface area contributed by atoms with Gasteiger partial charge in [-0.25, -0.2) is 0 Å². The van der Waals surface area contributed by atoms with Crippen molar-refractivity contribution in [1.29, 1.82) is 0 Å². The number of rotatable bonds is 13. The summed E-state index contributed by atoms with van der Waals surface area (Å²) >= 11 is 0. The molecular weight excluding hydrogens is 410 g/mol. The van der Waals surface area contributed by atoms with Crippen molar-refractivity contribution in [2.75, 3.05) is 13.1 Å². The number of carboxylic acid groups (broad SMARTS) is 2. The van der Waals surface area contributed by atoms with Gasteiger partial charge in [-0.05, 0) is 52.0 Å². The topological polar surface area (TPSA) is 205 Å². The van der Waals surface area contributed by atoms with Crippen molar-refractivity contribution in [3.8, 4) is 0 Å². The number of unbranched alkanes of at least 4 members (excludes halogenated alkanes) is 1. The number of nitrogens with one attached hydrogen (secondary N) is 2. The maximum atomic E-state index is 13.1. The first-order valence-electron chi connectivity index (χ1n) is 10.4. The summed E-state index contributed by atoms with van der Waals surface area (Å²) in [5.41, 5.74) is 11.2. The summed E-state index contributed by atoms with van der Waals surface area (Å²) in [6.45, 7) is 2.04. The Bertz CT molecular complexity index is 672. The predicted octanol–water partition coefficient (Wildman–Crippen LogP) is -1.63. The molecule has 1 fully saturated rings. The van der Waals surface area contributed by atoms with E-state index in [0.717, 1.165) is 0 Å². The van der Waals surface area contributed by atoms with Gasteiger partial charge < -0.3 is 37.2 Å². The number of hydrogen-bond acceptors (Lipinski definition) is 7. The van der Waals surface area contributed by atoms with Crippen molar-refractivity contribution in [3.05, 3.63) is 0 Å². The van der Waals surface area contributed by atoms with E-state index in [1.807, 2.05) is 0 Å². The standard InChI is InChI=1S/C19H33N5O7/c1-11(19(30)31)22-17(28)14-6-4-10-24(14)18(29)13(5-2-3-9-20)23-16(27)12(21)7-8-15(25)26/h11-14H,2-10,20-21H2,1H3,(H,22,28)(H,23,27)(H,25,26)(H,30,31). The quantitative estimate of drug-likeness (QED) is 0.180. The van der Waals surface area contributed by atoms with Crippen LogP contribution in [0.5, 0.6) is 0 Å². The van der Waals surface area contributed by atoms with Crippen LogP contribution in [0.15, 0.2) is 0 Å². The van der Waals surface area contributed by atoms with Crippen LogP contribution in [0.4, 0.5) is 0 Å². The number of hydrogen-bond donors (Lipinski definition) is 6. The number of nitrogens with two attached hydrogens (primary N) is 2. The van der Waals surface area contributed by atoms with Crippen molar-refractivity contribution in [2.24, 2.45) is 11.5 Å². The highest BCUT2D eigenvalue weighted by molar-refractivity contribution is 5.94. The molecule has 0 saturated carbocycles. The molecule has 4 unspecified atom stereocenters. The summed E-state index contributed by atoms with van der Waals surface area (Å²) in [7, 11) is 0. The Morgan fingerprint density at radius 3 is 2.35 bits per heavy atom. The highest BCUT2D eigenvalue weighted by atomic mass is 16.4. The fourth-order valence-corrected chi connectivity index (χ4v) is 3.31. The number of carboxylic acids is 2. The number of likely N-dealkylation sites (tertiary alicyclic amines) is 1. The van der Waals surface area contributed by atoms with Crippen LogP contribution < -0.4 is 22.1 Å². The molecule has 4 atom stereocenters. The van der Waals surface area contributed by atoms with Gasteiger partial charge in [-0.2, -0.15) is 0 Å². The minimum absolute atomic E-state index is 0.0767. The third-order valence-corrected chi connectivity index (χ3v) is 5.14. The van der Waals surface area contributed by atoms with Crippen LogP contribution in [-0.2, 0) is 24.0 Å². The van der Waals surface area contributed by atoms with Gasteiger partial charge in [0.05, 0.1) is 6.04 Å². The van der Waals surface area contributed by atoms with Crippen molar-refractivity contribution >= 4 is 29.7 Å². The van der Waals surface area contributed by atoms with Gasteiger partial charge in [0, 0.05) is 13.0 Å². The molecular formula is C19H33N5O7. The predicted molar refractivity (Wildman–Crippen MR) is 110 cm³/mol. The van der Waals surface area contributed by atoms with Gasteiger partial charge >= 0.3 is 11.9 Å². The molecule has 12 nitrogen and oxygen atoms in total. The fourth-order valence-electron chi connectivity index (χ4n) is 3.31. The summed E-state index contributed by atoms with van der Waals surface area (Å²) in [5.74, 6) is -3.94. The molecule has 31 heavy (non-hydrogen) atoms. The monoisotopic (exact) mass is 443 g/mol. The lowest BCUT2D eigenvalue weighted by atomic mass is 10.1. The summed E-state index contributed by atoms with van der Waals surface area (Å²) in [5, 5.41) is 22.7. The van der Waals surface area contributed by atoms with Gasteiger partial charge in [-0.1, -0.05) is 0 Å². The van der Waals surface area contributed by atoms with E-state index in [2.05, 4.69) is 10.6 Å². The molecule has 1 heterocycles. The van der Waals surface area contributed by atoms with Gasteiger partial charge in [-0.3, -0.25) is 24.0 Å². The van der Waals surface area contributed by atoms with Crippen LogP contribution in [0.2, 0.25) is 0 Å². The van der Waals surface area contributed by atoms with Gasteiger partial charge in [0.1, 0.15) is 18.1 Å². The Kier molecular flexibility index (Phi) is 10.9. The first-order valence-corrected chi connectivity index (χ1v) is 10.4. The lowest BCUT2D eigenvalue weighted by Crippen LogP contribution is -2.56. The minimum Gasteiger partial charge on any atom is -0.481 e. The molecule has 1 saturated heterocycles. The lowest BCUT2D eigenvalue weighted by Gasteiger charge is -2.29. The molecule has 0 bridgehead atoms. The second-order valence-corrected chi connectivity index (χ2v) is 7.64. The summed E-state index contributed by atoms with van der Waals surface area (Å²) in [4.78, 5) is 61.1. The minimum atomic E-state index is -1.19. The Morgan fingerprint density at radius 1 is 1.10 bits per heavy atom. The van der Waals surface area contributed by atoms with Gasteiger partial charge in [-0.15, -0.1) is 0 Å². The largest absolute Gasteiger partial charge is 0.481 e. The molecule has 8 N–H and O–H groups in total. The zero-order valence-electron chi connectivity index (χ0n) is 17.7. The summed E-state index contributed by atoms with van der Waals surface area (Å²) in [6.07, 6.45) is 2.05. The average Bonchev–Trinajstić information content (AvgIpc) is 3.20. The van der Waals surface area contributed by atoms with Crippen molar-refractivity contribution in [1.82, 2.24) is 15.5 Å². The van der Waals surface area contributed by atoms with Gasteiger partial charge in [0.25, 0.3) is 0 Å². The molecule has 0 aromatic rings. The molecule has 1 rings (SSSR count). The second kappa shape index (κ2) is 12.8. The van der Waals surface area contributed by atoms with E-state index in [1.165, 1.54) is 11.8 Å². The Morgan fingerprint density at radius 2 is 1.77 bits per heavy atom. The molecule has 0 spiro atoms. The maximum absolute atomic E-state index is 13.1. The Hall–Kier alpha value is -2.73. The lowest BCUT2D eigenvalue weighted by molar-refractivity contribution is -0.144. The van der Waals surface area contributed by atoms with E-state index in [-0.39, 0.29) is 19.3 Å². The first kappa shape index (κ1) is 26.3. The first-order chi connectivity index (χ1) is 14.6.